The van der Waals surface area contributed by atoms with Crippen LogP contribution in [0.4, 0.5) is 0 Å². The number of hydrogen-bond acceptors (Lipinski definition) is 6. The smallest absolute Gasteiger partial charge is 0.291 e. The summed E-state index contributed by atoms with van der Waals surface area (Å²) in [5.41, 5.74) is 1.22. The summed E-state index contributed by atoms with van der Waals surface area (Å²) in [7, 11) is -3.76. The van der Waals surface area contributed by atoms with Crippen LogP contribution in [0.3, 0.4) is 0 Å². The Kier molecular flexibility index (Phi) is 6.43. The van der Waals surface area contributed by atoms with Gasteiger partial charge in [0.05, 0.1) is 27.5 Å². The third kappa shape index (κ3) is 4.76. The monoisotopic (exact) mass is 490 g/mol. The molecule has 0 saturated heterocycles. The Morgan fingerprint density at radius 3 is 2.47 bits per heavy atom. The molecule has 4 rings (SSSR count). The molecule has 32 heavy (non-hydrogen) atoms. The molecule has 0 unspecified atom stereocenters. The predicted octanol–water partition coefficient (Wildman–Crippen LogP) is 3.72. The average Bonchev–Trinajstić information content (AvgIpc) is 3.27. The summed E-state index contributed by atoms with van der Waals surface area (Å²) in [5.74, 6) is 0.477. The molecule has 8 nitrogen and oxygen atoms in total. The molecule has 2 aromatic carbocycles. The van der Waals surface area contributed by atoms with E-state index in [-0.39, 0.29) is 21.5 Å². The van der Waals surface area contributed by atoms with Crippen LogP contribution in [0.5, 0.6) is 0 Å². The zero-order valence-electron chi connectivity index (χ0n) is 16.4. The van der Waals surface area contributed by atoms with Gasteiger partial charge in [-0.05, 0) is 36.4 Å². The van der Waals surface area contributed by atoms with Crippen molar-refractivity contribution in [2.24, 2.45) is 0 Å². The van der Waals surface area contributed by atoms with E-state index in [0.29, 0.717) is 23.7 Å². The van der Waals surface area contributed by atoms with Crippen molar-refractivity contribution in [3.63, 3.8) is 0 Å². The fraction of sp³-hybridized carbons (Fsp3) is 0.0952. The molecule has 0 aliphatic rings. The highest BCUT2D eigenvalue weighted by molar-refractivity contribution is 7.89. The van der Waals surface area contributed by atoms with Crippen LogP contribution in [0.1, 0.15) is 5.69 Å². The summed E-state index contributed by atoms with van der Waals surface area (Å²) in [6.45, 7) is 0.138. The first kappa shape index (κ1) is 22.2. The summed E-state index contributed by atoms with van der Waals surface area (Å²) in [6.07, 6.45) is 3.11. The predicted molar refractivity (Wildman–Crippen MR) is 121 cm³/mol. The number of rotatable bonds is 7. The Morgan fingerprint density at radius 1 is 1.03 bits per heavy atom. The molecule has 1 N–H and O–H groups in total. The van der Waals surface area contributed by atoms with E-state index in [2.05, 4.69) is 14.8 Å². The van der Waals surface area contributed by atoms with Gasteiger partial charge in [-0.15, -0.1) is 0 Å². The second kappa shape index (κ2) is 9.25. The molecule has 0 fully saturated rings. The molecule has 0 atom stereocenters. The van der Waals surface area contributed by atoms with Crippen LogP contribution in [0, 0.1) is 0 Å². The lowest BCUT2D eigenvalue weighted by Crippen LogP contribution is -2.26. The number of sulfonamides is 1. The number of nitrogens with zero attached hydrogens (tertiary/aromatic N) is 3. The highest BCUT2D eigenvalue weighted by atomic mass is 35.5. The normalized spacial score (nSPS) is 11.6. The standard InChI is InChI=1S/C21H16Cl2N4O4S/c22-18-12-24-27(21(28)19(18)23)16-6-8-17(9-7-16)32(29,30)25-11-10-15-13-31-20(26-15)14-4-2-1-3-5-14/h1-9,12-13,25H,10-11H2. The molecular formula is C21H16Cl2N4O4S. The second-order valence-electron chi connectivity index (χ2n) is 6.68. The lowest BCUT2D eigenvalue weighted by Gasteiger charge is -2.08. The molecule has 0 aliphatic carbocycles. The van der Waals surface area contributed by atoms with E-state index in [1.807, 2.05) is 30.3 Å². The largest absolute Gasteiger partial charge is 0.444 e. The van der Waals surface area contributed by atoms with Crippen LogP contribution in [0.15, 0.2) is 81.2 Å². The molecule has 11 heteroatoms. The number of nitrogens with one attached hydrogen (secondary N) is 1. The van der Waals surface area contributed by atoms with E-state index in [1.165, 1.54) is 36.7 Å². The van der Waals surface area contributed by atoms with Crippen molar-refractivity contribution in [3.8, 4) is 17.1 Å². The Bertz CT molecular complexity index is 1400. The molecule has 0 bridgehead atoms. The van der Waals surface area contributed by atoms with Gasteiger partial charge in [0.25, 0.3) is 5.56 Å². The van der Waals surface area contributed by atoms with Crippen molar-refractivity contribution in [2.75, 3.05) is 6.54 Å². The maximum atomic E-state index is 12.6. The van der Waals surface area contributed by atoms with E-state index >= 15 is 0 Å². The van der Waals surface area contributed by atoms with Crippen molar-refractivity contribution < 1.29 is 12.8 Å². The van der Waals surface area contributed by atoms with Gasteiger partial charge in [-0.2, -0.15) is 9.78 Å². The second-order valence-corrected chi connectivity index (χ2v) is 9.23. The Hall–Kier alpha value is -2.98. The van der Waals surface area contributed by atoms with Gasteiger partial charge in [0.15, 0.2) is 0 Å². The third-order valence-corrected chi connectivity index (χ3v) is 6.74. The van der Waals surface area contributed by atoms with E-state index in [4.69, 9.17) is 27.6 Å². The first-order valence-electron chi connectivity index (χ1n) is 9.38. The minimum atomic E-state index is -3.76. The maximum absolute atomic E-state index is 12.6. The zero-order valence-corrected chi connectivity index (χ0v) is 18.7. The van der Waals surface area contributed by atoms with Gasteiger partial charge in [0.2, 0.25) is 15.9 Å². The van der Waals surface area contributed by atoms with Gasteiger partial charge >= 0.3 is 0 Å². The number of benzene rings is 2. The lowest BCUT2D eigenvalue weighted by atomic mass is 10.2. The van der Waals surface area contributed by atoms with Crippen molar-refractivity contribution >= 4 is 33.2 Å². The molecule has 0 spiro atoms. The van der Waals surface area contributed by atoms with Gasteiger partial charge in [0.1, 0.15) is 11.3 Å². The highest BCUT2D eigenvalue weighted by Gasteiger charge is 2.15. The van der Waals surface area contributed by atoms with Crippen LogP contribution in [0.25, 0.3) is 17.1 Å². The fourth-order valence-corrected chi connectivity index (χ4v) is 4.18. The highest BCUT2D eigenvalue weighted by Crippen LogP contribution is 2.19. The molecule has 0 saturated carbocycles. The van der Waals surface area contributed by atoms with E-state index in [0.717, 1.165) is 10.2 Å². The van der Waals surface area contributed by atoms with Gasteiger partial charge in [-0.1, -0.05) is 41.4 Å². The topological polar surface area (TPSA) is 107 Å². The van der Waals surface area contributed by atoms with Crippen LogP contribution in [-0.2, 0) is 16.4 Å². The summed E-state index contributed by atoms with van der Waals surface area (Å²) < 4.78 is 34.2. The first-order chi connectivity index (χ1) is 15.3. The van der Waals surface area contributed by atoms with Gasteiger partial charge in [0, 0.05) is 18.5 Å². The van der Waals surface area contributed by atoms with E-state index < -0.39 is 15.6 Å². The first-order valence-corrected chi connectivity index (χ1v) is 11.6. The average molecular weight is 491 g/mol. The third-order valence-electron chi connectivity index (χ3n) is 4.51. The van der Waals surface area contributed by atoms with Crippen LogP contribution >= 0.6 is 23.2 Å². The number of aromatic nitrogens is 3. The molecule has 0 radical (unpaired) electrons. The summed E-state index contributed by atoms with van der Waals surface area (Å²) in [4.78, 5) is 16.6. The van der Waals surface area contributed by atoms with Crippen LogP contribution in [-0.4, -0.2) is 29.7 Å². The fourth-order valence-electron chi connectivity index (χ4n) is 2.89. The number of halogens is 2. The van der Waals surface area contributed by atoms with E-state index in [9.17, 15) is 13.2 Å². The molecule has 0 aliphatic heterocycles. The van der Waals surface area contributed by atoms with Gasteiger partial charge < -0.3 is 4.42 Å². The molecule has 4 aromatic rings. The van der Waals surface area contributed by atoms with E-state index in [1.54, 1.807) is 0 Å². The van der Waals surface area contributed by atoms with Crippen molar-refractivity contribution in [3.05, 3.63) is 93.2 Å². The molecule has 2 aromatic heterocycles. The maximum Gasteiger partial charge on any atom is 0.291 e. The minimum absolute atomic E-state index is 0.0410. The Labute approximate surface area is 193 Å². The minimum Gasteiger partial charge on any atom is -0.444 e. The summed E-state index contributed by atoms with van der Waals surface area (Å²) in [6, 6.07) is 15.1. The molecular weight excluding hydrogens is 475 g/mol. The number of oxazole rings is 1. The van der Waals surface area contributed by atoms with Crippen molar-refractivity contribution in [1.82, 2.24) is 19.5 Å². The van der Waals surface area contributed by atoms with Crippen molar-refractivity contribution in [1.29, 1.82) is 0 Å². The summed E-state index contributed by atoms with van der Waals surface area (Å²) in [5, 5.41) is 3.79. The molecule has 164 valence electrons. The number of hydrogen-bond donors (Lipinski definition) is 1. The lowest BCUT2D eigenvalue weighted by molar-refractivity contribution is 0.570. The molecule has 2 heterocycles. The summed E-state index contributed by atoms with van der Waals surface area (Å²) >= 11 is 11.6. The SMILES string of the molecule is O=c1c(Cl)c(Cl)cnn1-c1ccc(S(=O)(=O)NCCc2coc(-c3ccccc3)n2)cc1. The van der Waals surface area contributed by atoms with Gasteiger partial charge in [-0.25, -0.2) is 18.1 Å². The van der Waals surface area contributed by atoms with Crippen LogP contribution < -0.4 is 10.3 Å². The Morgan fingerprint density at radius 2 is 1.75 bits per heavy atom. The Balaban J connectivity index is 1.42. The van der Waals surface area contributed by atoms with Crippen molar-refractivity contribution in [2.45, 2.75) is 11.3 Å². The zero-order chi connectivity index (χ0) is 22.7. The van der Waals surface area contributed by atoms with Gasteiger partial charge in [-0.3, -0.25) is 4.79 Å². The molecule has 0 amide bonds. The van der Waals surface area contributed by atoms with Crippen LogP contribution in [0.2, 0.25) is 10.0 Å². The quantitative estimate of drug-likeness (QED) is 0.423.